The minimum atomic E-state index is -2.90. The van der Waals surface area contributed by atoms with Crippen LogP contribution in [0.2, 0.25) is 10.0 Å². The lowest BCUT2D eigenvalue weighted by Gasteiger charge is -2.16. The van der Waals surface area contributed by atoms with Crippen molar-refractivity contribution in [2.24, 2.45) is 0 Å². The van der Waals surface area contributed by atoms with Gasteiger partial charge >= 0.3 is 6.61 Å². The van der Waals surface area contributed by atoms with Crippen molar-refractivity contribution in [1.82, 2.24) is 0 Å². The van der Waals surface area contributed by atoms with E-state index in [4.69, 9.17) is 27.9 Å². The smallest absolute Gasteiger partial charge is 0.387 e. The van der Waals surface area contributed by atoms with Gasteiger partial charge in [0.1, 0.15) is 11.5 Å². The summed E-state index contributed by atoms with van der Waals surface area (Å²) in [5, 5.41) is 3.34. The lowest BCUT2D eigenvalue weighted by atomic mass is 10.2. The Morgan fingerprint density at radius 2 is 1.75 bits per heavy atom. The molecule has 4 nitrogen and oxygen atoms in total. The Morgan fingerprint density at radius 1 is 1.08 bits per heavy atom. The standard InChI is InChI=1S/C16H13Cl2F2NO3/c1-9(23-14-7-2-10(17)8-13(14)18)15(22)21-11-3-5-12(6-4-11)24-16(19)20/h2-9,16H,1H3,(H,21,22). The Kier molecular flexibility index (Phi) is 6.23. The number of ether oxygens (including phenoxy) is 2. The SMILES string of the molecule is CC(Oc1ccc(Cl)cc1Cl)C(=O)Nc1ccc(OC(F)F)cc1. The molecule has 0 aliphatic heterocycles. The number of halogens is 4. The van der Waals surface area contributed by atoms with Gasteiger partial charge in [-0.15, -0.1) is 0 Å². The molecule has 128 valence electrons. The first-order valence-electron chi connectivity index (χ1n) is 6.82. The van der Waals surface area contributed by atoms with Gasteiger partial charge in [-0.3, -0.25) is 4.79 Å². The first-order chi connectivity index (χ1) is 11.3. The van der Waals surface area contributed by atoms with Gasteiger partial charge in [0.15, 0.2) is 6.10 Å². The summed E-state index contributed by atoms with van der Waals surface area (Å²) < 4.78 is 33.9. The van der Waals surface area contributed by atoms with Gasteiger partial charge in [0.2, 0.25) is 0 Å². The predicted molar refractivity (Wildman–Crippen MR) is 88.3 cm³/mol. The molecule has 8 heteroatoms. The Morgan fingerprint density at radius 3 is 2.33 bits per heavy atom. The molecule has 0 aliphatic rings. The topological polar surface area (TPSA) is 47.6 Å². The Hall–Kier alpha value is -2.05. The van der Waals surface area contributed by atoms with E-state index in [2.05, 4.69) is 10.1 Å². The van der Waals surface area contributed by atoms with Crippen LogP contribution in [0.1, 0.15) is 6.92 Å². The third-order valence-electron chi connectivity index (χ3n) is 2.91. The number of carbonyl (C=O) groups is 1. The lowest BCUT2D eigenvalue weighted by Crippen LogP contribution is -2.30. The summed E-state index contributed by atoms with van der Waals surface area (Å²) in [6.45, 7) is -1.35. The summed E-state index contributed by atoms with van der Waals surface area (Å²) in [6.07, 6.45) is -0.833. The molecule has 0 heterocycles. The van der Waals surface area contributed by atoms with Crippen molar-refractivity contribution in [2.45, 2.75) is 19.6 Å². The van der Waals surface area contributed by atoms with Crippen LogP contribution in [0.3, 0.4) is 0 Å². The molecule has 0 fully saturated rings. The maximum atomic E-state index is 12.1. The first kappa shape index (κ1) is 18.3. The largest absolute Gasteiger partial charge is 0.479 e. The number of nitrogens with one attached hydrogen (secondary N) is 1. The van der Waals surface area contributed by atoms with Crippen molar-refractivity contribution in [3.8, 4) is 11.5 Å². The van der Waals surface area contributed by atoms with E-state index in [1.165, 1.54) is 30.3 Å². The highest BCUT2D eigenvalue weighted by Crippen LogP contribution is 2.28. The highest BCUT2D eigenvalue weighted by molar-refractivity contribution is 6.35. The van der Waals surface area contributed by atoms with E-state index in [0.29, 0.717) is 16.5 Å². The average Bonchev–Trinajstić information content (AvgIpc) is 2.51. The Labute approximate surface area is 147 Å². The average molecular weight is 376 g/mol. The van der Waals surface area contributed by atoms with E-state index in [0.717, 1.165) is 0 Å². The number of hydrogen-bond acceptors (Lipinski definition) is 3. The number of alkyl halides is 2. The van der Waals surface area contributed by atoms with Crippen LogP contribution in [-0.2, 0) is 4.79 Å². The zero-order valence-electron chi connectivity index (χ0n) is 12.4. The van der Waals surface area contributed by atoms with Crippen LogP contribution in [0.5, 0.6) is 11.5 Å². The summed E-state index contributed by atoms with van der Waals surface area (Å²) >= 11 is 11.8. The summed E-state index contributed by atoms with van der Waals surface area (Å²) in [7, 11) is 0. The highest BCUT2D eigenvalue weighted by Gasteiger charge is 2.16. The van der Waals surface area contributed by atoms with E-state index in [1.54, 1.807) is 19.1 Å². The first-order valence-corrected chi connectivity index (χ1v) is 7.58. The zero-order valence-corrected chi connectivity index (χ0v) is 13.9. The highest BCUT2D eigenvalue weighted by atomic mass is 35.5. The molecule has 0 bridgehead atoms. The second-order valence-corrected chi connectivity index (χ2v) is 5.57. The quantitative estimate of drug-likeness (QED) is 0.772. The summed E-state index contributed by atoms with van der Waals surface area (Å²) in [4.78, 5) is 12.1. The molecule has 1 unspecified atom stereocenters. The van der Waals surface area contributed by atoms with Gasteiger partial charge in [0.25, 0.3) is 5.91 Å². The second-order valence-electron chi connectivity index (χ2n) is 4.73. The van der Waals surface area contributed by atoms with E-state index in [1.807, 2.05) is 0 Å². The van der Waals surface area contributed by atoms with Crippen molar-refractivity contribution < 1.29 is 23.0 Å². The molecular formula is C16H13Cl2F2NO3. The molecule has 0 aromatic heterocycles. The van der Waals surface area contributed by atoms with Crippen molar-refractivity contribution in [3.05, 3.63) is 52.5 Å². The van der Waals surface area contributed by atoms with Gasteiger partial charge in [-0.05, 0) is 49.4 Å². The van der Waals surface area contributed by atoms with Crippen LogP contribution in [0.4, 0.5) is 14.5 Å². The fourth-order valence-electron chi connectivity index (χ4n) is 1.78. The summed E-state index contributed by atoms with van der Waals surface area (Å²) in [5.41, 5.74) is 0.416. The third kappa shape index (κ3) is 5.25. The van der Waals surface area contributed by atoms with Gasteiger partial charge in [-0.25, -0.2) is 0 Å². The van der Waals surface area contributed by atoms with Crippen LogP contribution >= 0.6 is 23.2 Å². The lowest BCUT2D eigenvalue weighted by molar-refractivity contribution is -0.122. The van der Waals surface area contributed by atoms with Crippen LogP contribution in [0.25, 0.3) is 0 Å². The van der Waals surface area contributed by atoms with Crippen molar-refractivity contribution in [1.29, 1.82) is 0 Å². The van der Waals surface area contributed by atoms with E-state index in [-0.39, 0.29) is 10.8 Å². The van der Waals surface area contributed by atoms with Crippen molar-refractivity contribution in [3.63, 3.8) is 0 Å². The molecule has 2 aromatic rings. The molecule has 0 saturated carbocycles. The van der Waals surface area contributed by atoms with E-state index in [9.17, 15) is 13.6 Å². The monoisotopic (exact) mass is 375 g/mol. The maximum Gasteiger partial charge on any atom is 0.387 e. The predicted octanol–water partition coefficient (Wildman–Crippen LogP) is 5.00. The van der Waals surface area contributed by atoms with Gasteiger partial charge in [-0.1, -0.05) is 23.2 Å². The minimum Gasteiger partial charge on any atom is -0.479 e. The molecule has 0 aliphatic carbocycles. The van der Waals surface area contributed by atoms with Crippen LogP contribution in [0.15, 0.2) is 42.5 Å². The van der Waals surface area contributed by atoms with Gasteiger partial charge < -0.3 is 14.8 Å². The van der Waals surface area contributed by atoms with E-state index < -0.39 is 18.6 Å². The molecule has 1 atom stereocenters. The molecule has 2 aromatic carbocycles. The minimum absolute atomic E-state index is 0.000225. The molecule has 1 amide bonds. The molecule has 2 rings (SSSR count). The molecular weight excluding hydrogens is 363 g/mol. The molecule has 0 saturated heterocycles. The maximum absolute atomic E-state index is 12.1. The molecule has 0 spiro atoms. The summed E-state index contributed by atoms with van der Waals surface area (Å²) in [5.74, 6) is -0.104. The molecule has 1 N–H and O–H groups in total. The molecule has 0 radical (unpaired) electrons. The van der Waals surface area contributed by atoms with E-state index >= 15 is 0 Å². The Balaban J connectivity index is 1.96. The number of amides is 1. The van der Waals surface area contributed by atoms with Crippen molar-refractivity contribution >= 4 is 34.8 Å². The number of hydrogen-bond donors (Lipinski definition) is 1. The number of carbonyl (C=O) groups excluding carboxylic acids is 1. The summed E-state index contributed by atoms with van der Waals surface area (Å²) in [6, 6.07) is 10.2. The van der Waals surface area contributed by atoms with Crippen LogP contribution < -0.4 is 14.8 Å². The zero-order chi connectivity index (χ0) is 17.7. The normalized spacial score (nSPS) is 11.9. The van der Waals surface area contributed by atoms with Crippen LogP contribution in [-0.4, -0.2) is 18.6 Å². The third-order valence-corrected chi connectivity index (χ3v) is 3.44. The Bertz CT molecular complexity index is 711. The number of anilines is 1. The fraction of sp³-hybridized carbons (Fsp3) is 0.188. The van der Waals surface area contributed by atoms with Gasteiger partial charge in [0, 0.05) is 10.7 Å². The van der Waals surface area contributed by atoms with Crippen molar-refractivity contribution in [2.75, 3.05) is 5.32 Å². The second kappa shape index (κ2) is 8.17. The fourth-order valence-corrected chi connectivity index (χ4v) is 2.23. The van der Waals surface area contributed by atoms with Gasteiger partial charge in [-0.2, -0.15) is 8.78 Å². The number of benzene rings is 2. The molecule has 24 heavy (non-hydrogen) atoms. The number of rotatable bonds is 6. The van der Waals surface area contributed by atoms with Gasteiger partial charge in [0.05, 0.1) is 5.02 Å². The van der Waals surface area contributed by atoms with Crippen LogP contribution in [0, 0.1) is 0 Å².